The molecule has 6 nitrogen and oxygen atoms in total. The third-order valence-corrected chi connectivity index (χ3v) is 5.07. The van der Waals surface area contributed by atoms with Crippen LogP contribution in [0.1, 0.15) is 42.3 Å². The van der Waals surface area contributed by atoms with Gasteiger partial charge in [-0.05, 0) is 52.0 Å². The van der Waals surface area contributed by atoms with Crippen LogP contribution in [0.2, 0.25) is 0 Å². The molecule has 2 aromatic carbocycles. The number of hydrogen-bond acceptors (Lipinski definition) is 3. The zero-order chi connectivity index (χ0) is 21.7. The second kappa shape index (κ2) is 9.30. The molecule has 0 saturated carbocycles. The summed E-state index contributed by atoms with van der Waals surface area (Å²) in [5.41, 5.74) is 3.31. The van der Waals surface area contributed by atoms with Crippen LogP contribution < -0.4 is 10.2 Å². The predicted octanol–water partition coefficient (Wildman–Crippen LogP) is 2.88. The lowest BCUT2D eigenvalue weighted by Gasteiger charge is -2.32. The molecule has 1 fully saturated rings. The molecule has 0 aliphatic carbocycles. The molecule has 0 aromatic heterocycles. The first-order valence-corrected chi connectivity index (χ1v) is 10.5. The first-order valence-electron chi connectivity index (χ1n) is 10.5. The van der Waals surface area contributed by atoms with Gasteiger partial charge in [-0.3, -0.25) is 10.1 Å². The number of carbonyl (C=O) groups is 2. The average molecular weight is 411 g/mol. The molecule has 0 radical (unpaired) electrons. The Morgan fingerprint density at radius 1 is 1.07 bits per heavy atom. The van der Waals surface area contributed by atoms with Crippen molar-refractivity contribution in [2.45, 2.75) is 39.8 Å². The van der Waals surface area contributed by atoms with Gasteiger partial charge < -0.3 is 14.5 Å². The Bertz CT molecular complexity index is 879. The predicted molar refractivity (Wildman–Crippen MR) is 118 cm³/mol. The molecule has 0 spiro atoms. The summed E-state index contributed by atoms with van der Waals surface area (Å²) in [4.78, 5) is 28.1. The van der Waals surface area contributed by atoms with Gasteiger partial charge in [0.15, 0.2) is 0 Å². The van der Waals surface area contributed by atoms with Crippen LogP contribution in [-0.2, 0) is 11.3 Å². The SMILES string of the molecule is Cc1cccc(C[NH+]2CCN(C(=O)c3ccc(NC(=O)OC(C)(C)C)cc3)CC2)c1. The molecule has 1 heterocycles. The fraction of sp³-hybridized carbons (Fsp3) is 0.417. The summed E-state index contributed by atoms with van der Waals surface area (Å²) in [5.74, 6) is 0.0356. The summed E-state index contributed by atoms with van der Waals surface area (Å²) in [7, 11) is 0. The maximum atomic E-state index is 12.8. The minimum Gasteiger partial charge on any atom is -0.444 e. The summed E-state index contributed by atoms with van der Waals surface area (Å²) in [5, 5.41) is 2.69. The largest absolute Gasteiger partial charge is 0.444 e. The molecule has 30 heavy (non-hydrogen) atoms. The summed E-state index contributed by atoms with van der Waals surface area (Å²) in [6.07, 6.45) is -0.505. The van der Waals surface area contributed by atoms with E-state index in [9.17, 15) is 9.59 Å². The summed E-state index contributed by atoms with van der Waals surface area (Å²) < 4.78 is 5.25. The Labute approximate surface area is 178 Å². The third-order valence-electron chi connectivity index (χ3n) is 5.07. The van der Waals surface area contributed by atoms with Gasteiger partial charge in [0.05, 0.1) is 26.2 Å². The van der Waals surface area contributed by atoms with Crippen LogP contribution in [0.5, 0.6) is 0 Å². The maximum absolute atomic E-state index is 12.8. The smallest absolute Gasteiger partial charge is 0.412 e. The highest BCUT2D eigenvalue weighted by atomic mass is 16.6. The standard InChI is InChI=1S/C24H31N3O3/c1-18-6-5-7-19(16-18)17-26-12-14-27(15-13-26)22(28)20-8-10-21(11-9-20)25-23(29)30-24(2,3)4/h5-11,16H,12-15,17H2,1-4H3,(H,25,29)/p+1. The number of rotatable bonds is 4. The number of carbonyl (C=O) groups excluding carboxylic acids is 2. The van der Waals surface area contributed by atoms with E-state index >= 15 is 0 Å². The van der Waals surface area contributed by atoms with E-state index in [-0.39, 0.29) is 5.91 Å². The lowest BCUT2D eigenvalue weighted by atomic mass is 10.1. The van der Waals surface area contributed by atoms with Gasteiger partial charge in [0.1, 0.15) is 12.1 Å². The second-order valence-corrected chi connectivity index (χ2v) is 8.91. The van der Waals surface area contributed by atoms with Gasteiger partial charge in [0, 0.05) is 16.8 Å². The van der Waals surface area contributed by atoms with Crippen LogP contribution in [0.3, 0.4) is 0 Å². The van der Waals surface area contributed by atoms with E-state index in [1.807, 2.05) is 25.7 Å². The van der Waals surface area contributed by atoms with Crippen molar-refractivity contribution in [2.75, 3.05) is 31.5 Å². The molecule has 2 N–H and O–H groups in total. The van der Waals surface area contributed by atoms with Crippen molar-refractivity contribution in [3.05, 3.63) is 65.2 Å². The number of quaternary nitrogens is 1. The van der Waals surface area contributed by atoms with Crippen molar-refractivity contribution in [2.24, 2.45) is 0 Å². The van der Waals surface area contributed by atoms with Crippen molar-refractivity contribution in [3.8, 4) is 0 Å². The van der Waals surface area contributed by atoms with Crippen molar-refractivity contribution in [1.29, 1.82) is 0 Å². The number of aryl methyl sites for hydroxylation is 1. The van der Waals surface area contributed by atoms with Crippen molar-refractivity contribution < 1.29 is 19.2 Å². The third kappa shape index (κ3) is 6.32. The number of anilines is 1. The minimum absolute atomic E-state index is 0.0356. The summed E-state index contributed by atoms with van der Waals surface area (Å²) in [6, 6.07) is 15.6. The molecule has 6 heteroatoms. The van der Waals surface area contributed by atoms with Gasteiger partial charge in [-0.25, -0.2) is 4.79 Å². The zero-order valence-electron chi connectivity index (χ0n) is 18.3. The van der Waals surface area contributed by atoms with E-state index in [2.05, 4.69) is 36.5 Å². The molecule has 1 aliphatic rings. The monoisotopic (exact) mass is 410 g/mol. The quantitative estimate of drug-likeness (QED) is 0.815. The molecular formula is C24H32N3O3+. The summed E-state index contributed by atoms with van der Waals surface area (Å²) >= 11 is 0. The Morgan fingerprint density at radius 2 is 1.73 bits per heavy atom. The van der Waals surface area contributed by atoms with E-state index in [1.54, 1.807) is 24.3 Å². The lowest BCUT2D eigenvalue weighted by molar-refractivity contribution is -0.917. The molecular weight excluding hydrogens is 378 g/mol. The molecule has 0 atom stereocenters. The summed E-state index contributed by atoms with van der Waals surface area (Å²) in [6.45, 7) is 11.9. The average Bonchev–Trinajstić information content (AvgIpc) is 2.67. The van der Waals surface area contributed by atoms with Crippen molar-refractivity contribution in [1.82, 2.24) is 4.90 Å². The van der Waals surface area contributed by atoms with Crippen molar-refractivity contribution in [3.63, 3.8) is 0 Å². The number of amides is 2. The van der Waals surface area contributed by atoms with Crippen LogP contribution in [-0.4, -0.2) is 48.7 Å². The topological polar surface area (TPSA) is 63.1 Å². The molecule has 0 unspecified atom stereocenters. The van der Waals surface area contributed by atoms with E-state index in [1.165, 1.54) is 16.0 Å². The number of piperazine rings is 1. The Balaban J connectivity index is 1.50. The zero-order valence-corrected chi connectivity index (χ0v) is 18.3. The first-order chi connectivity index (χ1) is 14.2. The second-order valence-electron chi connectivity index (χ2n) is 8.91. The van der Waals surface area contributed by atoms with Gasteiger partial charge in [-0.15, -0.1) is 0 Å². The van der Waals surface area contributed by atoms with Crippen LogP contribution >= 0.6 is 0 Å². The molecule has 1 saturated heterocycles. The van der Waals surface area contributed by atoms with Crippen LogP contribution in [0, 0.1) is 6.92 Å². The van der Waals surface area contributed by atoms with Crippen LogP contribution in [0.4, 0.5) is 10.5 Å². The molecule has 2 amide bonds. The number of nitrogens with zero attached hydrogens (tertiary/aromatic N) is 1. The number of hydrogen-bond donors (Lipinski definition) is 2. The number of nitrogens with one attached hydrogen (secondary N) is 2. The first kappa shape index (κ1) is 21.8. The van der Waals surface area contributed by atoms with E-state index in [0.717, 1.165) is 32.7 Å². The number of benzene rings is 2. The van der Waals surface area contributed by atoms with E-state index < -0.39 is 11.7 Å². The molecule has 2 aromatic rings. The van der Waals surface area contributed by atoms with Gasteiger partial charge in [-0.1, -0.05) is 29.8 Å². The Kier molecular flexibility index (Phi) is 6.77. The van der Waals surface area contributed by atoms with Crippen LogP contribution in [0.25, 0.3) is 0 Å². The Hall–Kier alpha value is -2.86. The Morgan fingerprint density at radius 3 is 2.33 bits per heavy atom. The van der Waals surface area contributed by atoms with Gasteiger partial charge >= 0.3 is 6.09 Å². The van der Waals surface area contributed by atoms with E-state index in [4.69, 9.17) is 4.74 Å². The maximum Gasteiger partial charge on any atom is 0.412 e. The molecule has 3 rings (SSSR count). The fourth-order valence-electron chi connectivity index (χ4n) is 3.61. The lowest BCUT2D eigenvalue weighted by Crippen LogP contribution is -3.13. The number of ether oxygens (including phenoxy) is 1. The fourth-order valence-corrected chi connectivity index (χ4v) is 3.61. The van der Waals surface area contributed by atoms with Gasteiger partial charge in [0.2, 0.25) is 0 Å². The highest BCUT2D eigenvalue weighted by molar-refractivity contribution is 5.95. The van der Waals surface area contributed by atoms with Crippen molar-refractivity contribution >= 4 is 17.7 Å². The van der Waals surface area contributed by atoms with Gasteiger partial charge in [-0.2, -0.15) is 0 Å². The molecule has 0 bridgehead atoms. The van der Waals surface area contributed by atoms with Crippen LogP contribution in [0.15, 0.2) is 48.5 Å². The minimum atomic E-state index is -0.552. The van der Waals surface area contributed by atoms with E-state index in [0.29, 0.717) is 11.3 Å². The molecule has 160 valence electrons. The highest BCUT2D eigenvalue weighted by Crippen LogP contribution is 2.14. The molecule has 1 aliphatic heterocycles. The highest BCUT2D eigenvalue weighted by Gasteiger charge is 2.24. The van der Waals surface area contributed by atoms with Gasteiger partial charge in [0.25, 0.3) is 5.91 Å². The normalized spacial score (nSPS) is 15.0.